The first kappa shape index (κ1) is 6.52. The van der Waals surface area contributed by atoms with Crippen LogP contribution in [0.15, 0.2) is 0 Å². The maximum atomic E-state index is 8.80. The fraction of sp³-hybridized carbons (Fsp3) is 0.500. The van der Waals surface area contributed by atoms with Gasteiger partial charge in [0.15, 0.2) is 0 Å². The maximum Gasteiger partial charge on any atom is 0.119 e. The van der Waals surface area contributed by atoms with Gasteiger partial charge in [0.25, 0.3) is 0 Å². The molecule has 0 saturated heterocycles. The van der Waals surface area contributed by atoms with Crippen LogP contribution in [-0.4, -0.2) is 10.7 Å². The van der Waals surface area contributed by atoms with Crippen molar-refractivity contribution in [1.29, 1.82) is 0 Å². The Morgan fingerprint density at radius 1 is 1.57 bits per heavy atom. The summed E-state index contributed by atoms with van der Waals surface area (Å²) in [5.74, 6) is 4.84. The van der Waals surface area contributed by atoms with E-state index in [9.17, 15) is 0 Å². The number of hydrogen-bond acceptors (Lipinski definition) is 1. The molecule has 0 bridgehead atoms. The second kappa shape index (κ2) is 1.99. The van der Waals surface area contributed by atoms with Crippen LogP contribution in [0.3, 0.4) is 0 Å². The molecular formula is C6H9O. The van der Waals surface area contributed by atoms with Gasteiger partial charge in [0, 0.05) is 6.92 Å². The third-order valence-corrected chi connectivity index (χ3v) is 0.394. The van der Waals surface area contributed by atoms with Crippen LogP contribution >= 0.6 is 0 Å². The fourth-order valence-electron chi connectivity index (χ4n) is 0.216. The minimum absolute atomic E-state index is 0.873. The van der Waals surface area contributed by atoms with Gasteiger partial charge in [-0.3, -0.25) is 0 Å². The van der Waals surface area contributed by atoms with Gasteiger partial charge in [0.1, 0.15) is 5.60 Å². The monoisotopic (exact) mass is 97.1 g/mol. The summed E-state index contributed by atoms with van der Waals surface area (Å²) in [6, 6.07) is 0. The lowest BCUT2D eigenvalue weighted by atomic mass is 10.1. The lowest BCUT2D eigenvalue weighted by molar-refractivity contribution is 0.143. The summed E-state index contributed by atoms with van der Waals surface area (Å²) >= 11 is 0. The Balaban J connectivity index is 3.72. The van der Waals surface area contributed by atoms with Gasteiger partial charge in [0.05, 0.1) is 0 Å². The molecule has 0 spiro atoms. The summed E-state index contributed by atoms with van der Waals surface area (Å²) in [5.41, 5.74) is -0.873. The van der Waals surface area contributed by atoms with Crippen LogP contribution in [0, 0.1) is 18.8 Å². The summed E-state index contributed by atoms with van der Waals surface area (Å²) in [4.78, 5) is 0. The maximum absolute atomic E-state index is 8.80. The normalized spacial score (nSPS) is 9.71. The van der Waals surface area contributed by atoms with Crippen LogP contribution in [0.1, 0.15) is 13.8 Å². The largest absolute Gasteiger partial charge is 0.378 e. The van der Waals surface area contributed by atoms with Gasteiger partial charge >= 0.3 is 0 Å². The molecule has 0 aromatic heterocycles. The molecule has 39 valence electrons. The smallest absolute Gasteiger partial charge is 0.119 e. The average molecular weight is 97.1 g/mol. The zero-order valence-corrected chi connectivity index (χ0v) is 4.65. The van der Waals surface area contributed by atoms with E-state index in [4.69, 9.17) is 5.11 Å². The van der Waals surface area contributed by atoms with Crippen LogP contribution in [0.25, 0.3) is 0 Å². The highest BCUT2D eigenvalue weighted by Crippen LogP contribution is 1.94. The molecule has 0 saturated carbocycles. The highest BCUT2D eigenvalue weighted by Gasteiger charge is 2.04. The number of rotatable bonds is 0. The zero-order chi connectivity index (χ0) is 5.91. The lowest BCUT2D eigenvalue weighted by Crippen LogP contribution is -2.14. The molecular weight excluding hydrogens is 88.1 g/mol. The molecule has 1 N–H and O–H groups in total. The molecule has 0 rings (SSSR count). The Morgan fingerprint density at radius 2 is 2.00 bits per heavy atom. The van der Waals surface area contributed by atoms with Crippen molar-refractivity contribution in [1.82, 2.24) is 0 Å². The van der Waals surface area contributed by atoms with Crippen molar-refractivity contribution in [2.45, 2.75) is 19.4 Å². The van der Waals surface area contributed by atoms with Crippen molar-refractivity contribution in [3.8, 4) is 11.8 Å². The van der Waals surface area contributed by atoms with Crippen molar-refractivity contribution in [3.63, 3.8) is 0 Å². The average Bonchev–Trinajstić information content (AvgIpc) is 1.30. The van der Waals surface area contributed by atoms with Crippen LogP contribution < -0.4 is 0 Å². The first-order chi connectivity index (χ1) is 3.06. The molecule has 1 heteroatoms. The Labute approximate surface area is 44.4 Å². The van der Waals surface area contributed by atoms with Crippen LogP contribution in [0.4, 0.5) is 0 Å². The molecule has 7 heavy (non-hydrogen) atoms. The summed E-state index contributed by atoms with van der Waals surface area (Å²) < 4.78 is 0. The third kappa shape index (κ3) is 5.52. The summed E-state index contributed by atoms with van der Waals surface area (Å²) in [5, 5.41) is 8.80. The van der Waals surface area contributed by atoms with E-state index in [2.05, 4.69) is 18.8 Å². The minimum atomic E-state index is -0.873. The van der Waals surface area contributed by atoms with Gasteiger partial charge in [-0.1, -0.05) is 11.8 Å². The Kier molecular flexibility index (Phi) is 1.86. The van der Waals surface area contributed by atoms with Crippen LogP contribution in [0.2, 0.25) is 0 Å². The van der Waals surface area contributed by atoms with E-state index in [1.54, 1.807) is 13.8 Å². The predicted molar refractivity (Wildman–Crippen MR) is 29.4 cm³/mol. The molecule has 0 atom stereocenters. The van der Waals surface area contributed by atoms with Crippen molar-refractivity contribution >= 4 is 0 Å². The van der Waals surface area contributed by atoms with E-state index in [1.807, 2.05) is 0 Å². The minimum Gasteiger partial charge on any atom is -0.378 e. The zero-order valence-electron chi connectivity index (χ0n) is 4.65. The molecule has 0 heterocycles. The topological polar surface area (TPSA) is 20.2 Å². The first-order valence-corrected chi connectivity index (χ1v) is 2.08. The molecule has 0 amide bonds. The summed E-state index contributed by atoms with van der Waals surface area (Å²) in [6.45, 7) is 6.48. The molecule has 0 fully saturated rings. The van der Waals surface area contributed by atoms with E-state index in [0.29, 0.717) is 0 Å². The molecule has 0 aromatic carbocycles. The Hall–Kier alpha value is -0.480. The fourth-order valence-corrected chi connectivity index (χ4v) is 0.216. The SMILES string of the molecule is [CH2]C#CC(C)(C)O. The number of aliphatic hydroxyl groups is 1. The molecule has 1 nitrogen and oxygen atoms in total. The van der Waals surface area contributed by atoms with Crippen LogP contribution in [-0.2, 0) is 0 Å². The number of hydrogen-bond donors (Lipinski definition) is 1. The second-order valence-electron chi connectivity index (χ2n) is 1.86. The highest BCUT2D eigenvalue weighted by atomic mass is 16.3. The molecule has 0 aliphatic rings. The van der Waals surface area contributed by atoms with Crippen LogP contribution in [0.5, 0.6) is 0 Å². The first-order valence-electron chi connectivity index (χ1n) is 2.08. The molecule has 0 aliphatic heterocycles. The quantitative estimate of drug-likeness (QED) is 0.439. The molecule has 0 unspecified atom stereocenters. The van der Waals surface area contributed by atoms with Crippen molar-refractivity contribution in [2.75, 3.05) is 0 Å². The van der Waals surface area contributed by atoms with Crippen molar-refractivity contribution in [3.05, 3.63) is 6.92 Å². The predicted octanol–water partition coefficient (Wildman–Crippen LogP) is 0.595. The van der Waals surface area contributed by atoms with Gasteiger partial charge in [-0.25, -0.2) is 0 Å². The second-order valence-corrected chi connectivity index (χ2v) is 1.86. The van der Waals surface area contributed by atoms with Gasteiger partial charge < -0.3 is 5.11 Å². The molecule has 0 aliphatic carbocycles. The van der Waals surface area contributed by atoms with Gasteiger partial charge in [-0.2, -0.15) is 0 Å². The van der Waals surface area contributed by atoms with E-state index < -0.39 is 5.60 Å². The van der Waals surface area contributed by atoms with E-state index >= 15 is 0 Å². The van der Waals surface area contributed by atoms with Gasteiger partial charge in [0.2, 0.25) is 0 Å². The summed E-state index contributed by atoms with van der Waals surface area (Å²) in [7, 11) is 0. The van der Waals surface area contributed by atoms with Gasteiger partial charge in [-0.05, 0) is 13.8 Å². The van der Waals surface area contributed by atoms with E-state index in [1.165, 1.54) is 0 Å². The standard InChI is InChI=1S/C6H9O/c1-4-5-6(2,3)7/h7H,1H2,2-3H3. The summed E-state index contributed by atoms with van der Waals surface area (Å²) in [6.07, 6.45) is 0. The highest BCUT2D eigenvalue weighted by molar-refractivity contribution is 5.11. The van der Waals surface area contributed by atoms with Crippen molar-refractivity contribution in [2.24, 2.45) is 0 Å². The van der Waals surface area contributed by atoms with Crippen molar-refractivity contribution < 1.29 is 5.11 Å². The molecule has 0 aromatic rings. The third-order valence-electron chi connectivity index (χ3n) is 0.394. The Morgan fingerprint density at radius 3 is 2.00 bits per heavy atom. The van der Waals surface area contributed by atoms with E-state index in [-0.39, 0.29) is 0 Å². The Bertz CT molecular complexity index is 97.6. The van der Waals surface area contributed by atoms with Gasteiger partial charge in [-0.15, -0.1) is 0 Å². The van der Waals surface area contributed by atoms with E-state index in [0.717, 1.165) is 0 Å². The molecule has 1 radical (unpaired) electrons. The lowest BCUT2D eigenvalue weighted by Gasteiger charge is -2.04.